The Hall–Kier alpha value is 0.980. The van der Waals surface area contributed by atoms with Crippen LogP contribution in [0.15, 0.2) is 29.2 Å². The molecule has 0 heterocycles. The minimum Gasteiger partial charge on any atom is -1.00 e. The van der Waals surface area contributed by atoms with E-state index in [0.717, 1.165) is 5.56 Å². The van der Waals surface area contributed by atoms with Gasteiger partial charge in [0.15, 0.2) is 5.25 Å². The predicted molar refractivity (Wildman–Crippen MR) is 79.6 cm³/mol. The average molecular weight is 442 g/mol. The third-order valence-electron chi connectivity index (χ3n) is 2.31. The minimum atomic E-state index is -4.84. The summed E-state index contributed by atoms with van der Waals surface area (Å²) in [5.74, 6) is -3.50. The maximum Gasteiger partial charge on any atom is 1.00 e. The molecule has 0 spiro atoms. The molecule has 0 saturated carbocycles. The molecule has 26 heavy (non-hydrogen) atoms. The Morgan fingerprint density at radius 2 is 1.35 bits per heavy atom. The van der Waals surface area contributed by atoms with Crippen molar-refractivity contribution in [2.45, 2.75) is 23.5 Å². The summed E-state index contributed by atoms with van der Waals surface area (Å²) in [6.07, 6.45) is -1.16. The summed E-state index contributed by atoms with van der Waals surface area (Å²) in [4.78, 5) is 19.9. The summed E-state index contributed by atoms with van der Waals surface area (Å²) < 4.78 is 58.2. The van der Waals surface area contributed by atoms with Crippen LogP contribution in [-0.2, 0) is 29.8 Å². The Morgan fingerprint density at radius 1 is 0.962 bits per heavy atom. The number of benzene rings is 1. The van der Waals surface area contributed by atoms with Crippen LogP contribution in [0.1, 0.15) is 16.3 Å². The second-order valence-electron chi connectivity index (χ2n) is 4.23. The van der Waals surface area contributed by atoms with Crippen molar-refractivity contribution in [3.8, 4) is 0 Å². The fourth-order valence-corrected chi connectivity index (χ4v) is 2.28. The molecule has 0 amide bonds. The van der Waals surface area contributed by atoms with E-state index in [1.807, 2.05) is 6.92 Å². The standard InChI is InChI=1S/C7H8O3S.C4H6O7S.3Na.3H/c1-6-2-4-7(5-3-6)11(8,9)10;5-3(6)1-2(4(7)8)12(9,10)11;;;;;;/h2-5H,1H3,(H,8,9,10);2H,1H2,(H,5,6)(H,7,8)(H,9,10,11);;;;;;/q;;3*+1;3*-1. The molecule has 10 nitrogen and oxygen atoms in total. The molecule has 1 unspecified atom stereocenters. The molecule has 0 bridgehead atoms. The van der Waals surface area contributed by atoms with Crippen molar-refractivity contribution in [2.75, 3.05) is 0 Å². The van der Waals surface area contributed by atoms with Crippen LogP contribution in [0.4, 0.5) is 0 Å². The summed E-state index contributed by atoms with van der Waals surface area (Å²) in [5.41, 5.74) is 0.956. The molecule has 136 valence electrons. The Balaban J connectivity index is -0.0000000554. The van der Waals surface area contributed by atoms with Crippen molar-refractivity contribution in [3.63, 3.8) is 0 Å². The molecular formula is C11H17Na3O10S2. The summed E-state index contributed by atoms with van der Waals surface area (Å²) in [6, 6.07) is 5.99. The smallest absolute Gasteiger partial charge is 1.00 e. The fourth-order valence-electron chi connectivity index (χ4n) is 1.19. The second kappa shape index (κ2) is 14.9. The molecular weight excluding hydrogens is 425 g/mol. The van der Waals surface area contributed by atoms with Crippen molar-refractivity contribution in [2.24, 2.45) is 0 Å². The number of hydrogen-bond acceptors (Lipinski definition) is 6. The van der Waals surface area contributed by atoms with Gasteiger partial charge in [-0.25, -0.2) is 0 Å². The number of aliphatic carboxylic acids is 2. The maximum atomic E-state index is 10.5. The van der Waals surface area contributed by atoms with Gasteiger partial charge in [-0.1, -0.05) is 17.7 Å². The summed E-state index contributed by atoms with van der Waals surface area (Å²) >= 11 is 0. The van der Waals surface area contributed by atoms with E-state index in [4.69, 9.17) is 19.3 Å². The molecule has 0 saturated heterocycles. The van der Waals surface area contributed by atoms with Crippen molar-refractivity contribution in [3.05, 3.63) is 29.8 Å². The van der Waals surface area contributed by atoms with Gasteiger partial charge < -0.3 is 14.5 Å². The molecule has 0 aliphatic heterocycles. The van der Waals surface area contributed by atoms with E-state index < -0.39 is 43.8 Å². The van der Waals surface area contributed by atoms with Crippen molar-refractivity contribution >= 4 is 32.2 Å². The third-order valence-corrected chi connectivity index (χ3v) is 4.27. The largest absolute Gasteiger partial charge is 1.00 e. The van der Waals surface area contributed by atoms with E-state index in [9.17, 15) is 26.4 Å². The van der Waals surface area contributed by atoms with E-state index in [0.29, 0.717) is 0 Å². The second-order valence-corrected chi connectivity index (χ2v) is 7.25. The summed E-state index contributed by atoms with van der Waals surface area (Å²) in [6.45, 7) is 1.84. The van der Waals surface area contributed by atoms with Crippen LogP contribution in [0.2, 0.25) is 0 Å². The Kier molecular flexibility index (Phi) is 19.8. The first-order valence-corrected chi connectivity index (χ1v) is 8.64. The molecule has 0 aromatic heterocycles. The Labute approximate surface area is 221 Å². The van der Waals surface area contributed by atoms with Gasteiger partial charge in [-0.15, -0.1) is 0 Å². The zero-order valence-electron chi connectivity index (χ0n) is 17.6. The van der Waals surface area contributed by atoms with Crippen molar-refractivity contribution < 1.29 is 139 Å². The zero-order valence-corrected chi connectivity index (χ0v) is 22.3. The summed E-state index contributed by atoms with van der Waals surface area (Å²) in [5, 5.41) is 13.9. The molecule has 0 fully saturated rings. The molecule has 0 aliphatic carbocycles. The maximum absolute atomic E-state index is 10.5. The number of carboxylic acids is 2. The number of carboxylic acid groups (broad SMARTS) is 2. The van der Waals surface area contributed by atoms with Gasteiger partial charge in [0.1, 0.15) is 0 Å². The third kappa shape index (κ3) is 15.0. The summed E-state index contributed by atoms with van der Waals surface area (Å²) in [7, 11) is -8.86. The van der Waals surface area contributed by atoms with Gasteiger partial charge in [0.2, 0.25) is 0 Å². The first-order chi connectivity index (χ1) is 10.2. The SMILES string of the molecule is Cc1ccc(S(=O)(=O)O)cc1.O=C(O)CC(C(=O)O)S(=O)(=O)O.[H-].[H-].[H-].[Na+].[Na+].[Na+]. The molecule has 1 aromatic carbocycles. The monoisotopic (exact) mass is 442 g/mol. The average Bonchev–Trinajstić information content (AvgIpc) is 2.34. The number of carbonyl (C=O) groups is 2. The Morgan fingerprint density at radius 3 is 1.54 bits per heavy atom. The minimum absolute atomic E-state index is 0. The van der Waals surface area contributed by atoms with Gasteiger partial charge in [0.25, 0.3) is 20.2 Å². The van der Waals surface area contributed by atoms with Gasteiger partial charge in [0.05, 0.1) is 11.3 Å². The van der Waals surface area contributed by atoms with Crippen LogP contribution in [0.25, 0.3) is 0 Å². The van der Waals surface area contributed by atoms with Gasteiger partial charge in [-0.3, -0.25) is 18.7 Å². The fraction of sp³-hybridized carbons (Fsp3) is 0.273. The van der Waals surface area contributed by atoms with E-state index in [-0.39, 0.29) is 97.8 Å². The van der Waals surface area contributed by atoms with Gasteiger partial charge in [0, 0.05) is 0 Å². The Bertz CT molecular complexity index is 789. The zero-order chi connectivity index (χ0) is 18.4. The van der Waals surface area contributed by atoms with Gasteiger partial charge in [-0.2, -0.15) is 16.8 Å². The normalized spacial score (nSPS) is 11.2. The molecule has 15 heteroatoms. The predicted octanol–water partition coefficient (Wildman–Crippen LogP) is -8.61. The van der Waals surface area contributed by atoms with Crippen LogP contribution in [0.5, 0.6) is 0 Å². The van der Waals surface area contributed by atoms with E-state index in [2.05, 4.69) is 0 Å². The molecule has 1 aromatic rings. The molecule has 1 rings (SSSR count). The first-order valence-electron chi connectivity index (χ1n) is 5.70. The quantitative estimate of drug-likeness (QED) is 0.252. The molecule has 0 radical (unpaired) electrons. The van der Waals surface area contributed by atoms with Crippen LogP contribution in [-0.4, -0.2) is 53.3 Å². The van der Waals surface area contributed by atoms with Crippen molar-refractivity contribution in [1.29, 1.82) is 0 Å². The van der Waals surface area contributed by atoms with Crippen LogP contribution in [0.3, 0.4) is 0 Å². The van der Waals surface area contributed by atoms with E-state index in [1.54, 1.807) is 12.1 Å². The van der Waals surface area contributed by atoms with Crippen molar-refractivity contribution in [1.82, 2.24) is 0 Å². The van der Waals surface area contributed by atoms with Crippen LogP contribution >= 0.6 is 0 Å². The van der Waals surface area contributed by atoms with Gasteiger partial charge in [-0.05, 0) is 19.1 Å². The number of aryl methyl sites for hydroxylation is 1. The van der Waals surface area contributed by atoms with Crippen LogP contribution in [0, 0.1) is 6.92 Å². The topological polar surface area (TPSA) is 183 Å². The molecule has 1 atom stereocenters. The number of rotatable bonds is 5. The first kappa shape index (κ1) is 34.5. The molecule has 4 N–H and O–H groups in total. The van der Waals surface area contributed by atoms with Gasteiger partial charge >= 0.3 is 101 Å². The number of hydrogen-bond donors (Lipinski definition) is 4. The van der Waals surface area contributed by atoms with E-state index in [1.165, 1.54) is 12.1 Å². The molecule has 0 aliphatic rings. The van der Waals surface area contributed by atoms with Crippen LogP contribution < -0.4 is 88.7 Å². The van der Waals surface area contributed by atoms with E-state index >= 15 is 0 Å².